The van der Waals surface area contributed by atoms with E-state index in [9.17, 15) is 0 Å². The van der Waals surface area contributed by atoms with Crippen LogP contribution in [-0.2, 0) is 5.41 Å². The lowest BCUT2D eigenvalue weighted by Crippen LogP contribution is -2.15. The molecule has 0 amide bonds. The number of benzene rings is 10. The first kappa shape index (κ1) is 37.3. The van der Waals surface area contributed by atoms with E-state index in [0.717, 1.165) is 17.1 Å². The van der Waals surface area contributed by atoms with Gasteiger partial charge in [0.1, 0.15) is 0 Å². The van der Waals surface area contributed by atoms with Crippen molar-refractivity contribution in [3.8, 4) is 55.6 Å². The summed E-state index contributed by atoms with van der Waals surface area (Å²) in [6.45, 7) is 4.73. The summed E-state index contributed by atoms with van der Waals surface area (Å²) in [5.74, 6) is 0. The monoisotopic (exact) mass is 821 g/mol. The third kappa shape index (κ3) is 6.05. The molecule has 12 rings (SSSR count). The van der Waals surface area contributed by atoms with E-state index in [1.807, 2.05) is 11.3 Å². The molecular weight excluding hydrogens is 779 g/mol. The average Bonchev–Trinajstić information content (AvgIpc) is 3.83. The van der Waals surface area contributed by atoms with Crippen LogP contribution in [0.15, 0.2) is 224 Å². The van der Waals surface area contributed by atoms with Gasteiger partial charge in [0, 0.05) is 42.4 Å². The number of rotatable bonds is 7. The van der Waals surface area contributed by atoms with Gasteiger partial charge in [-0.25, -0.2) is 0 Å². The lowest BCUT2D eigenvalue weighted by atomic mass is 9.82. The SMILES string of the molecule is CC1(C)c2ccccc2-c2c(-c3ccccc3N(c3ccc(-c4cccc5cccc(-c6ccccc6)c45)cc3)c3ccccc3-c3ccc4sc5ccccc5c4c3)cccc21. The van der Waals surface area contributed by atoms with Gasteiger partial charge in [0.25, 0.3) is 0 Å². The van der Waals surface area contributed by atoms with Crippen molar-refractivity contribution in [2.24, 2.45) is 0 Å². The molecular formula is C61H43NS. The minimum Gasteiger partial charge on any atom is -0.309 e. The number of hydrogen-bond acceptors (Lipinski definition) is 2. The number of fused-ring (bicyclic) bond motifs is 7. The Balaban J connectivity index is 1.07. The Morgan fingerprint density at radius 2 is 0.905 bits per heavy atom. The molecule has 0 aliphatic heterocycles. The zero-order valence-corrected chi connectivity index (χ0v) is 36.0. The Morgan fingerprint density at radius 3 is 1.68 bits per heavy atom. The highest BCUT2D eigenvalue weighted by atomic mass is 32.1. The molecule has 2 heteroatoms. The summed E-state index contributed by atoms with van der Waals surface area (Å²) >= 11 is 1.86. The molecule has 0 fully saturated rings. The molecule has 0 spiro atoms. The molecule has 10 aromatic carbocycles. The molecule has 1 aliphatic carbocycles. The van der Waals surface area contributed by atoms with Gasteiger partial charge in [0.05, 0.1) is 11.4 Å². The van der Waals surface area contributed by atoms with Crippen molar-refractivity contribution in [3.63, 3.8) is 0 Å². The Bertz CT molecular complexity index is 3530. The van der Waals surface area contributed by atoms with Crippen molar-refractivity contribution in [3.05, 3.63) is 236 Å². The quantitative estimate of drug-likeness (QED) is 0.155. The van der Waals surface area contributed by atoms with Crippen LogP contribution < -0.4 is 4.90 Å². The fraction of sp³-hybridized carbons (Fsp3) is 0.0492. The minimum atomic E-state index is -0.106. The Kier molecular flexibility index (Phi) is 8.77. The molecule has 1 heterocycles. The van der Waals surface area contributed by atoms with Crippen LogP contribution in [0.3, 0.4) is 0 Å². The van der Waals surface area contributed by atoms with Gasteiger partial charge in [-0.15, -0.1) is 11.3 Å². The zero-order valence-electron chi connectivity index (χ0n) is 35.2. The molecule has 11 aromatic rings. The largest absolute Gasteiger partial charge is 0.309 e. The van der Waals surface area contributed by atoms with E-state index < -0.39 is 0 Å². The smallest absolute Gasteiger partial charge is 0.0540 e. The summed E-state index contributed by atoms with van der Waals surface area (Å²) in [5, 5.41) is 5.10. The van der Waals surface area contributed by atoms with Gasteiger partial charge < -0.3 is 4.90 Å². The fourth-order valence-corrected chi connectivity index (χ4v) is 11.4. The predicted octanol–water partition coefficient (Wildman–Crippen LogP) is 17.7. The second-order valence-electron chi connectivity index (χ2n) is 17.2. The molecule has 1 aromatic heterocycles. The van der Waals surface area contributed by atoms with Crippen molar-refractivity contribution in [1.82, 2.24) is 0 Å². The number of para-hydroxylation sites is 2. The zero-order chi connectivity index (χ0) is 42.1. The van der Waals surface area contributed by atoms with Crippen LogP contribution in [0.2, 0.25) is 0 Å². The second kappa shape index (κ2) is 14.8. The van der Waals surface area contributed by atoms with E-state index in [1.54, 1.807) is 0 Å². The summed E-state index contributed by atoms with van der Waals surface area (Å²) in [6, 6.07) is 82.9. The summed E-state index contributed by atoms with van der Waals surface area (Å²) in [6.07, 6.45) is 0. The van der Waals surface area contributed by atoms with Crippen LogP contribution in [0.4, 0.5) is 17.1 Å². The van der Waals surface area contributed by atoms with Gasteiger partial charge in [-0.3, -0.25) is 0 Å². The van der Waals surface area contributed by atoms with Crippen LogP contribution in [0.1, 0.15) is 25.0 Å². The van der Waals surface area contributed by atoms with Crippen molar-refractivity contribution >= 4 is 59.3 Å². The van der Waals surface area contributed by atoms with E-state index in [-0.39, 0.29) is 5.41 Å². The molecule has 298 valence electrons. The molecule has 0 atom stereocenters. The Hall–Kier alpha value is -7.52. The molecule has 1 aliphatic rings. The van der Waals surface area contributed by atoms with Gasteiger partial charge in [0.15, 0.2) is 0 Å². The standard InChI is InChI=1S/C61H43NS/c1-61(2)53-28-10-6-24-51(53)60-50(27-16-29-54(60)61)48-22-8-12-31-56(48)62(55-30-11-7-21-45(55)43-35-38-58-52(39-43)49-23-9-13-32-57(49)63-58)44-36-33-41(34-37-44)47-26-15-20-42-19-14-25-46(59(42)47)40-17-4-3-5-18-40/h3-39H,1-2H3. The molecule has 0 saturated carbocycles. The fourth-order valence-electron chi connectivity index (χ4n) is 10.3. The minimum absolute atomic E-state index is 0.106. The molecule has 0 radical (unpaired) electrons. The van der Waals surface area contributed by atoms with Crippen molar-refractivity contribution in [2.45, 2.75) is 19.3 Å². The first-order chi connectivity index (χ1) is 31.0. The van der Waals surface area contributed by atoms with Crippen LogP contribution in [0.25, 0.3) is 86.6 Å². The van der Waals surface area contributed by atoms with E-state index in [2.05, 4.69) is 243 Å². The van der Waals surface area contributed by atoms with Crippen LogP contribution >= 0.6 is 11.3 Å². The third-order valence-electron chi connectivity index (χ3n) is 13.3. The normalized spacial score (nSPS) is 12.7. The van der Waals surface area contributed by atoms with Gasteiger partial charge in [-0.1, -0.05) is 196 Å². The van der Waals surface area contributed by atoms with Gasteiger partial charge in [0.2, 0.25) is 0 Å². The number of hydrogen-bond donors (Lipinski definition) is 0. The van der Waals surface area contributed by atoms with Gasteiger partial charge in [-0.2, -0.15) is 0 Å². The van der Waals surface area contributed by atoms with E-state index >= 15 is 0 Å². The maximum Gasteiger partial charge on any atom is 0.0540 e. The Morgan fingerprint density at radius 1 is 0.365 bits per heavy atom. The van der Waals surface area contributed by atoms with Gasteiger partial charge in [-0.05, 0) is 109 Å². The van der Waals surface area contributed by atoms with Crippen molar-refractivity contribution in [1.29, 1.82) is 0 Å². The van der Waals surface area contributed by atoms with Gasteiger partial charge >= 0.3 is 0 Å². The third-order valence-corrected chi connectivity index (χ3v) is 14.5. The van der Waals surface area contributed by atoms with Crippen molar-refractivity contribution < 1.29 is 0 Å². The highest BCUT2D eigenvalue weighted by molar-refractivity contribution is 7.25. The lowest BCUT2D eigenvalue weighted by Gasteiger charge is -2.30. The maximum atomic E-state index is 2.49. The number of thiophene rings is 1. The first-order valence-electron chi connectivity index (χ1n) is 21.8. The van der Waals surface area contributed by atoms with E-state index in [4.69, 9.17) is 0 Å². The molecule has 0 N–H and O–H groups in total. The highest BCUT2D eigenvalue weighted by Gasteiger charge is 2.37. The molecule has 63 heavy (non-hydrogen) atoms. The average molecular weight is 822 g/mol. The second-order valence-corrected chi connectivity index (χ2v) is 18.3. The van der Waals surface area contributed by atoms with Crippen molar-refractivity contribution in [2.75, 3.05) is 4.90 Å². The predicted molar refractivity (Wildman–Crippen MR) is 271 cm³/mol. The number of anilines is 3. The lowest BCUT2D eigenvalue weighted by molar-refractivity contribution is 0.660. The maximum absolute atomic E-state index is 2.49. The number of nitrogens with zero attached hydrogens (tertiary/aromatic N) is 1. The highest BCUT2D eigenvalue weighted by Crippen LogP contribution is 2.54. The first-order valence-corrected chi connectivity index (χ1v) is 22.7. The van der Waals surface area contributed by atoms with Crippen LogP contribution in [-0.4, -0.2) is 0 Å². The van der Waals surface area contributed by atoms with E-state index in [1.165, 1.54) is 97.7 Å². The molecule has 0 saturated heterocycles. The molecule has 0 bridgehead atoms. The molecule has 1 nitrogen and oxygen atoms in total. The topological polar surface area (TPSA) is 3.24 Å². The summed E-state index contributed by atoms with van der Waals surface area (Å²) in [5.41, 5.74) is 18.3. The molecule has 0 unspecified atom stereocenters. The van der Waals surface area contributed by atoms with Crippen LogP contribution in [0, 0.1) is 0 Å². The van der Waals surface area contributed by atoms with E-state index in [0.29, 0.717) is 0 Å². The van der Waals surface area contributed by atoms with Crippen LogP contribution in [0.5, 0.6) is 0 Å². The summed E-state index contributed by atoms with van der Waals surface area (Å²) in [7, 11) is 0. The Labute approximate surface area is 372 Å². The summed E-state index contributed by atoms with van der Waals surface area (Å²) in [4.78, 5) is 2.49. The summed E-state index contributed by atoms with van der Waals surface area (Å²) < 4.78 is 2.62.